The van der Waals surface area contributed by atoms with Gasteiger partial charge in [-0.25, -0.2) is 0 Å². The predicted octanol–water partition coefficient (Wildman–Crippen LogP) is 3.25. The van der Waals surface area contributed by atoms with Crippen LogP contribution in [0.1, 0.15) is 5.56 Å². The number of hydrogen-bond acceptors (Lipinski definition) is 7. The van der Waals surface area contributed by atoms with Gasteiger partial charge in [-0.05, 0) is 23.8 Å². The summed E-state index contributed by atoms with van der Waals surface area (Å²) in [4.78, 5) is 10.2. The van der Waals surface area contributed by atoms with Gasteiger partial charge in [0.1, 0.15) is 6.61 Å². The SMILES string of the molecule is COc1cc(CNCCNc2ccc([N+](=O)[O-])cc2Cl)ccc1OCCO.Cl. The van der Waals surface area contributed by atoms with Crippen LogP contribution in [-0.4, -0.2) is 43.4 Å². The zero-order valence-electron chi connectivity index (χ0n) is 15.3. The number of anilines is 1. The van der Waals surface area contributed by atoms with Crippen molar-refractivity contribution in [2.24, 2.45) is 0 Å². The maximum Gasteiger partial charge on any atom is 0.271 e. The third-order valence-corrected chi connectivity index (χ3v) is 4.00. The molecule has 0 spiro atoms. The lowest BCUT2D eigenvalue weighted by atomic mass is 10.2. The zero-order chi connectivity index (χ0) is 19.6. The van der Waals surface area contributed by atoms with E-state index >= 15 is 0 Å². The third-order valence-electron chi connectivity index (χ3n) is 3.69. The van der Waals surface area contributed by atoms with Crippen LogP contribution in [0.4, 0.5) is 11.4 Å². The summed E-state index contributed by atoms with van der Waals surface area (Å²) in [6, 6.07) is 9.93. The molecule has 0 aliphatic heterocycles. The number of benzene rings is 2. The predicted molar refractivity (Wildman–Crippen MR) is 111 cm³/mol. The first-order valence-corrected chi connectivity index (χ1v) is 8.72. The molecule has 8 nitrogen and oxygen atoms in total. The van der Waals surface area contributed by atoms with Crippen molar-refractivity contribution in [3.05, 3.63) is 57.1 Å². The normalized spacial score (nSPS) is 10.1. The van der Waals surface area contributed by atoms with Crippen molar-refractivity contribution in [2.75, 3.05) is 38.7 Å². The average Bonchev–Trinajstić information content (AvgIpc) is 2.67. The van der Waals surface area contributed by atoms with Crippen molar-refractivity contribution in [3.63, 3.8) is 0 Å². The quantitative estimate of drug-likeness (QED) is 0.284. The molecular formula is C18H23Cl2N3O5. The monoisotopic (exact) mass is 431 g/mol. The summed E-state index contributed by atoms with van der Waals surface area (Å²) in [6.45, 7) is 2.06. The Morgan fingerprint density at radius 1 is 1.18 bits per heavy atom. The van der Waals surface area contributed by atoms with Crippen LogP contribution in [0.5, 0.6) is 11.5 Å². The van der Waals surface area contributed by atoms with E-state index in [1.54, 1.807) is 19.2 Å². The average molecular weight is 432 g/mol. The Morgan fingerprint density at radius 3 is 2.61 bits per heavy atom. The van der Waals surface area contributed by atoms with E-state index in [-0.39, 0.29) is 31.3 Å². The van der Waals surface area contributed by atoms with Crippen LogP contribution in [-0.2, 0) is 6.54 Å². The number of halogens is 2. The second-order valence-electron chi connectivity index (χ2n) is 5.58. The Balaban J connectivity index is 0.00000392. The van der Waals surface area contributed by atoms with E-state index in [0.29, 0.717) is 41.8 Å². The smallest absolute Gasteiger partial charge is 0.271 e. The van der Waals surface area contributed by atoms with Crippen molar-refractivity contribution in [1.29, 1.82) is 0 Å². The van der Waals surface area contributed by atoms with Gasteiger partial charge >= 0.3 is 0 Å². The molecule has 10 heteroatoms. The van der Waals surface area contributed by atoms with Crippen molar-refractivity contribution >= 4 is 35.4 Å². The van der Waals surface area contributed by atoms with Gasteiger partial charge in [-0.15, -0.1) is 12.4 Å². The van der Waals surface area contributed by atoms with Crippen LogP contribution in [0.25, 0.3) is 0 Å². The van der Waals surface area contributed by atoms with Crippen molar-refractivity contribution in [2.45, 2.75) is 6.54 Å². The fourth-order valence-corrected chi connectivity index (χ4v) is 2.62. The fourth-order valence-electron chi connectivity index (χ4n) is 2.38. The molecule has 0 atom stereocenters. The molecule has 0 saturated carbocycles. The lowest BCUT2D eigenvalue weighted by molar-refractivity contribution is -0.384. The largest absolute Gasteiger partial charge is 0.493 e. The summed E-state index contributed by atoms with van der Waals surface area (Å²) in [6.07, 6.45) is 0. The zero-order valence-corrected chi connectivity index (χ0v) is 16.9. The van der Waals surface area contributed by atoms with Crippen LogP contribution >= 0.6 is 24.0 Å². The first-order valence-electron chi connectivity index (χ1n) is 8.34. The van der Waals surface area contributed by atoms with E-state index in [1.165, 1.54) is 12.1 Å². The molecular weight excluding hydrogens is 409 g/mol. The topological polar surface area (TPSA) is 106 Å². The standard InChI is InChI=1S/C18H22ClN3O5.ClH/c1-26-18-10-13(2-5-17(18)27-9-8-23)12-20-6-7-21-16-4-3-14(22(24)25)11-15(16)19;/h2-5,10-11,20-21,23H,6-9,12H2,1H3;1H. The number of nitro groups is 1. The van der Waals surface area contributed by atoms with E-state index in [0.717, 1.165) is 5.56 Å². The highest BCUT2D eigenvalue weighted by atomic mass is 35.5. The minimum absolute atomic E-state index is 0. The maximum absolute atomic E-state index is 10.7. The maximum atomic E-state index is 10.7. The molecule has 0 amide bonds. The number of nitro benzene ring substituents is 1. The molecule has 0 saturated heterocycles. The Morgan fingerprint density at radius 2 is 1.96 bits per heavy atom. The summed E-state index contributed by atoms with van der Waals surface area (Å²) in [5, 5.41) is 26.3. The van der Waals surface area contributed by atoms with Gasteiger partial charge in [-0.1, -0.05) is 17.7 Å². The Labute approximate surface area is 174 Å². The van der Waals surface area contributed by atoms with E-state index < -0.39 is 4.92 Å². The lowest BCUT2D eigenvalue weighted by Gasteiger charge is -2.12. The summed E-state index contributed by atoms with van der Waals surface area (Å²) >= 11 is 6.04. The second-order valence-corrected chi connectivity index (χ2v) is 5.99. The second kappa shape index (κ2) is 12.2. The number of aliphatic hydroxyl groups is 1. The summed E-state index contributed by atoms with van der Waals surface area (Å²) in [5.74, 6) is 1.20. The summed E-state index contributed by atoms with van der Waals surface area (Å²) in [7, 11) is 1.57. The van der Waals surface area contributed by atoms with Gasteiger partial charge in [0, 0.05) is 31.8 Å². The molecule has 0 aliphatic rings. The molecule has 0 aliphatic carbocycles. The van der Waals surface area contributed by atoms with E-state index in [9.17, 15) is 10.1 Å². The van der Waals surface area contributed by atoms with Crippen LogP contribution < -0.4 is 20.1 Å². The molecule has 0 unspecified atom stereocenters. The number of methoxy groups -OCH3 is 1. The number of nitrogens with one attached hydrogen (secondary N) is 2. The van der Waals surface area contributed by atoms with Gasteiger partial charge in [0.2, 0.25) is 0 Å². The molecule has 3 N–H and O–H groups in total. The number of ether oxygens (including phenoxy) is 2. The number of non-ortho nitro benzene ring substituents is 1. The van der Waals surface area contributed by atoms with Crippen LogP contribution in [0.3, 0.4) is 0 Å². The summed E-state index contributed by atoms with van der Waals surface area (Å²) in [5.41, 5.74) is 1.64. The van der Waals surface area contributed by atoms with Crippen molar-refractivity contribution < 1.29 is 19.5 Å². The highest BCUT2D eigenvalue weighted by Crippen LogP contribution is 2.28. The first-order chi connectivity index (χ1) is 13.0. The van der Waals surface area contributed by atoms with Gasteiger partial charge < -0.3 is 25.2 Å². The van der Waals surface area contributed by atoms with Gasteiger partial charge in [0.05, 0.1) is 29.4 Å². The Hall–Kier alpha value is -2.26. The molecule has 0 bridgehead atoms. The highest BCUT2D eigenvalue weighted by molar-refractivity contribution is 6.33. The Bertz CT molecular complexity index is 777. The highest BCUT2D eigenvalue weighted by Gasteiger charge is 2.09. The number of hydrogen-bond donors (Lipinski definition) is 3. The molecule has 0 radical (unpaired) electrons. The van der Waals surface area contributed by atoms with Gasteiger partial charge in [0.25, 0.3) is 5.69 Å². The van der Waals surface area contributed by atoms with Crippen molar-refractivity contribution in [3.8, 4) is 11.5 Å². The number of rotatable bonds is 11. The van der Waals surface area contributed by atoms with Gasteiger partial charge in [0.15, 0.2) is 11.5 Å². The number of nitrogens with zero attached hydrogens (tertiary/aromatic N) is 1. The van der Waals surface area contributed by atoms with Gasteiger partial charge in [-0.2, -0.15) is 0 Å². The molecule has 154 valence electrons. The first kappa shape index (κ1) is 23.8. The number of aliphatic hydroxyl groups excluding tert-OH is 1. The minimum Gasteiger partial charge on any atom is -0.493 e. The summed E-state index contributed by atoms with van der Waals surface area (Å²) < 4.78 is 10.7. The lowest BCUT2D eigenvalue weighted by Crippen LogP contribution is -2.21. The molecule has 0 fully saturated rings. The van der Waals surface area contributed by atoms with Crippen LogP contribution in [0, 0.1) is 10.1 Å². The van der Waals surface area contributed by atoms with Crippen LogP contribution in [0.2, 0.25) is 5.02 Å². The van der Waals surface area contributed by atoms with Crippen molar-refractivity contribution in [1.82, 2.24) is 5.32 Å². The third kappa shape index (κ3) is 7.05. The van der Waals surface area contributed by atoms with E-state index in [4.69, 9.17) is 26.2 Å². The molecule has 0 aromatic heterocycles. The van der Waals surface area contributed by atoms with E-state index in [2.05, 4.69) is 10.6 Å². The van der Waals surface area contributed by atoms with E-state index in [1.807, 2.05) is 12.1 Å². The molecule has 2 rings (SSSR count). The minimum atomic E-state index is -0.481. The van der Waals surface area contributed by atoms with Gasteiger partial charge in [-0.3, -0.25) is 10.1 Å². The van der Waals surface area contributed by atoms with Crippen LogP contribution in [0.15, 0.2) is 36.4 Å². The Kier molecular flexibility index (Phi) is 10.4. The molecule has 28 heavy (non-hydrogen) atoms. The molecule has 0 heterocycles. The molecule has 2 aromatic rings. The molecule has 2 aromatic carbocycles. The fraction of sp³-hybridized carbons (Fsp3) is 0.333.